The monoisotopic (exact) mass is 251 g/mol. The highest BCUT2D eigenvalue weighted by atomic mass is 19.1. The van der Waals surface area contributed by atoms with Crippen LogP contribution in [-0.2, 0) is 0 Å². The molecule has 3 nitrogen and oxygen atoms in total. The number of nitrogens with one attached hydrogen (secondary N) is 1. The fourth-order valence-corrected chi connectivity index (χ4v) is 2.17. The molecule has 0 aliphatic carbocycles. The lowest BCUT2D eigenvalue weighted by molar-refractivity contribution is 0.0935. The number of carbonyl (C=O) groups excluding carboxylic acids is 1. The molecule has 0 aromatic heterocycles. The van der Waals surface area contributed by atoms with Gasteiger partial charge in [-0.05, 0) is 18.6 Å². The van der Waals surface area contributed by atoms with E-state index in [1.54, 1.807) is 6.07 Å². The molecule has 1 aromatic carbocycles. The number of rotatable bonds is 4. The van der Waals surface area contributed by atoms with Crippen molar-refractivity contribution in [2.24, 2.45) is 0 Å². The van der Waals surface area contributed by atoms with Crippen LogP contribution in [-0.4, -0.2) is 19.1 Å². The van der Waals surface area contributed by atoms with Crippen LogP contribution in [0.3, 0.4) is 0 Å². The fourth-order valence-electron chi connectivity index (χ4n) is 2.17. The van der Waals surface area contributed by atoms with Crippen molar-refractivity contribution < 1.29 is 13.9 Å². The number of carbonyl (C=O) groups is 1. The highest BCUT2D eigenvalue weighted by Crippen LogP contribution is 2.33. The van der Waals surface area contributed by atoms with Gasteiger partial charge in [-0.3, -0.25) is 4.79 Å². The van der Waals surface area contributed by atoms with Crippen LogP contribution in [0.25, 0.3) is 0 Å². The third-order valence-electron chi connectivity index (χ3n) is 3.20. The van der Waals surface area contributed by atoms with Crippen molar-refractivity contribution in [3.63, 3.8) is 0 Å². The first-order chi connectivity index (χ1) is 8.65. The van der Waals surface area contributed by atoms with Crippen molar-refractivity contribution in [1.29, 1.82) is 0 Å². The van der Waals surface area contributed by atoms with Gasteiger partial charge < -0.3 is 10.1 Å². The third-order valence-corrected chi connectivity index (χ3v) is 3.20. The summed E-state index contributed by atoms with van der Waals surface area (Å²) in [6.07, 6.45) is 1.94. The van der Waals surface area contributed by atoms with Gasteiger partial charge >= 0.3 is 0 Å². The van der Waals surface area contributed by atoms with E-state index in [-0.39, 0.29) is 17.6 Å². The Morgan fingerprint density at radius 3 is 3.00 bits per heavy atom. The topological polar surface area (TPSA) is 38.3 Å². The summed E-state index contributed by atoms with van der Waals surface area (Å²) < 4.78 is 19.4. The molecule has 0 fully saturated rings. The third kappa shape index (κ3) is 2.33. The van der Waals surface area contributed by atoms with E-state index in [0.29, 0.717) is 30.0 Å². The summed E-state index contributed by atoms with van der Waals surface area (Å²) in [6, 6.07) is 2.93. The van der Waals surface area contributed by atoms with E-state index < -0.39 is 0 Å². The van der Waals surface area contributed by atoms with Crippen LogP contribution in [0.1, 0.15) is 48.5 Å². The number of ether oxygens (including phenoxy) is 1. The molecule has 1 atom stereocenters. The molecule has 0 spiro atoms. The van der Waals surface area contributed by atoms with Crippen LogP contribution in [0.15, 0.2) is 12.1 Å². The van der Waals surface area contributed by atoms with Gasteiger partial charge in [0, 0.05) is 18.0 Å². The van der Waals surface area contributed by atoms with Crippen LogP contribution < -0.4 is 10.1 Å². The number of benzene rings is 1. The Hall–Kier alpha value is -1.58. The van der Waals surface area contributed by atoms with Crippen molar-refractivity contribution in [1.82, 2.24) is 5.32 Å². The van der Waals surface area contributed by atoms with Gasteiger partial charge in [0.05, 0.1) is 12.2 Å². The second kappa shape index (κ2) is 5.38. The number of hydrogen-bond acceptors (Lipinski definition) is 2. The molecule has 0 saturated heterocycles. The molecule has 1 aliphatic rings. The van der Waals surface area contributed by atoms with Gasteiger partial charge in [0.15, 0.2) is 0 Å². The highest BCUT2D eigenvalue weighted by Gasteiger charge is 2.29. The molecule has 1 N–H and O–H groups in total. The van der Waals surface area contributed by atoms with E-state index in [4.69, 9.17) is 4.74 Å². The Labute approximate surface area is 106 Å². The molecule has 98 valence electrons. The van der Waals surface area contributed by atoms with Crippen LogP contribution in [0.5, 0.6) is 5.75 Å². The summed E-state index contributed by atoms with van der Waals surface area (Å²) in [5.41, 5.74) is 0.845. The van der Waals surface area contributed by atoms with Crippen LogP contribution >= 0.6 is 0 Å². The largest absolute Gasteiger partial charge is 0.493 e. The molecular formula is C14H18FNO2. The average Bonchev–Trinajstić information content (AvgIpc) is 2.36. The zero-order valence-corrected chi connectivity index (χ0v) is 10.8. The maximum Gasteiger partial charge on any atom is 0.255 e. The van der Waals surface area contributed by atoms with E-state index in [9.17, 15) is 9.18 Å². The first-order valence-corrected chi connectivity index (χ1v) is 6.38. The summed E-state index contributed by atoms with van der Waals surface area (Å²) in [6.45, 7) is 4.99. The maximum absolute atomic E-state index is 13.8. The summed E-state index contributed by atoms with van der Waals surface area (Å²) >= 11 is 0. The van der Waals surface area contributed by atoms with E-state index in [1.165, 1.54) is 6.07 Å². The van der Waals surface area contributed by atoms with Gasteiger partial charge in [-0.15, -0.1) is 0 Å². The minimum atomic E-state index is -0.324. The first kappa shape index (κ1) is 12.9. The summed E-state index contributed by atoms with van der Waals surface area (Å²) in [4.78, 5) is 11.9. The van der Waals surface area contributed by atoms with E-state index >= 15 is 0 Å². The molecule has 1 unspecified atom stereocenters. The Kier molecular flexibility index (Phi) is 3.84. The Morgan fingerprint density at radius 1 is 1.50 bits per heavy atom. The predicted octanol–water partition coefficient (Wildman–Crippen LogP) is 2.85. The molecule has 0 bridgehead atoms. The van der Waals surface area contributed by atoms with Gasteiger partial charge in [0.25, 0.3) is 5.91 Å². The smallest absolute Gasteiger partial charge is 0.255 e. The molecule has 2 rings (SSSR count). The molecule has 1 amide bonds. The number of unbranched alkanes of at least 4 members (excludes halogenated alkanes) is 1. The minimum Gasteiger partial charge on any atom is -0.493 e. The normalized spacial score (nSPS) is 18.2. The fraction of sp³-hybridized carbons (Fsp3) is 0.500. The number of halogens is 1. The first-order valence-electron chi connectivity index (χ1n) is 6.38. The summed E-state index contributed by atoms with van der Waals surface area (Å²) in [5.74, 6) is -0.0967. The van der Waals surface area contributed by atoms with Crippen molar-refractivity contribution in [3.05, 3.63) is 29.1 Å². The molecule has 0 saturated carbocycles. The van der Waals surface area contributed by atoms with Crippen molar-refractivity contribution >= 4 is 5.91 Å². The Bertz CT molecular complexity index is 459. The van der Waals surface area contributed by atoms with E-state index in [0.717, 1.165) is 12.8 Å². The quantitative estimate of drug-likeness (QED) is 0.836. The molecular weight excluding hydrogens is 233 g/mol. The highest BCUT2D eigenvalue weighted by molar-refractivity contribution is 5.99. The van der Waals surface area contributed by atoms with Gasteiger partial charge in [0.2, 0.25) is 0 Å². The van der Waals surface area contributed by atoms with Gasteiger partial charge in [-0.25, -0.2) is 4.39 Å². The molecule has 1 aliphatic heterocycles. The lowest BCUT2D eigenvalue weighted by atomic mass is 9.90. The van der Waals surface area contributed by atoms with E-state index in [1.807, 2.05) is 6.92 Å². The zero-order valence-electron chi connectivity index (χ0n) is 10.8. The van der Waals surface area contributed by atoms with Gasteiger partial charge in [-0.1, -0.05) is 20.3 Å². The van der Waals surface area contributed by atoms with Crippen molar-refractivity contribution in [2.45, 2.75) is 32.6 Å². The molecule has 0 radical (unpaired) electrons. The van der Waals surface area contributed by atoms with Crippen molar-refractivity contribution in [3.8, 4) is 5.75 Å². The Morgan fingerprint density at radius 2 is 2.28 bits per heavy atom. The van der Waals surface area contributed by atoms with Gasteiger partial charge in [-0.2, -0.15) is 0 Å². The lowest BCUT2D eigenvalue weighted by Crippen LogP contribution is -2.35. The second-order valence-corrected chi connectivity index (χ2v) is 4.65. The van der Waals surface area contributed by atoms with Crippen LogP contribution in [0.2, 0.25) is 0 Å². The molecule has 4 heteroatoms. The maximum atomic E-state index is 13.8. The second-order valence-electron chi connectivity index (χ2n) is 4.65. The van der Waals surface area contributed by atoms with E-state index in [2.05, 4.69) is 12.2 Å². The van der Waals surface area contributed by atoms with Crippen LogP contribution in [0.4, 0.5) is 4.39 Å². The molecule has 18 heavy (non-hydrogen) atoms. The predicted molar refractivity (Wildman–Crippen MR) is 67.6 cm³/mol. The average molecular weight is 251 g/mol. The summed E-state index contributed by atoms with van der Waals surface area (Å²) in [7, 11) is 0. The SMILES string of the molecule is CCCCOc1ccc(F)c2c1C(=O)NCC2C. The standard InChI is InChI=1S/C14H18FNO2/c1-3-4-7-18-11-6-5-10(15)12-9(2)8-16-14(17)13(11)12/h5-6,9H,3-4,7-8H2,1-2H3,(H,16,17). The molecule has 1 heterocycles. The minimum absolute atomic E-state index is 0.0209. The number of amides is 1. The Balaban J connectivity index is 2.37. The number of hydrogen-bond donors (Lipinski definition) is 1. The zero-order chi connectivity index (χ0) is 13.1. The number of fused-ring (bicyclic) bond motifs is 1. The van der Waals surface area contributed by atoms with Gasteiger partial charge in [0.1, 0.15) is 11.6 Å². The van der Waals surface area contributed by atoms with Crippen LogP contribution in [0, 0.1) is 5.82 Å². The van der Waals surface area contributed by atoms with Crippen molar-refractivity contribution in [2.75, 3.05) is 13.2 Å². The summed E-state index contributed by atoms with van der Waals surface area (Å²) in [5, 5.41) is 2.76. The molecule has 1 aromatic rings. The lowest BCUT2D eigenvalue weighted by Gasteiger charge is -2.25.